The van der Waals surface area contributed by atoms with Crippen molar-refractivity contribution in [2.45, 2.75) is 6.04 Å². The number of nitrogens with two attached hydrogens (primary N) is 1. The molecule has 1 atom stereocenters. The highest BCUT2D eigenvalue weighted by Crippen LogP contribution is 2.11. The van der Waals surface area contributed by atoms with Gasteiger partial charge in [0, 0.05) is 12.6 Å². The number of benzene rings is 1. The van der Waals surface area contributed by atoms with Gasteiger partial charge in [0.25, 0.3) is 0 Å². The Balaban J connectivity index is 1.93. The fraction of sp³-hybridized carbons (Fsp3) is 0.143. The maximum absolute atomic E-state index is 8.64. The number of hydrogen-bond donors (Lipinski definition) is 2. The zero-order valence-electron chi connectivity index (χ0n) is 9.88. The van der Waals surface area contributed by atoms with Crippen LogP contribution in [0.5, 0.6) is 0 Å². The summed E-state index contributed by atoms with van der Waals surface area (Å²) in [5.74, 6) is 0. The summed E-state index contributed by atoms with van der Waals surface area (Å²) in [5.41, 5.74) is 8.42. The Kier molecular flexibility index (Phi) is 3.90. The Morgan fingerprint density at radius 3 is 2.61 bits per heavy atom. The lowest BCUT2D eigenvalue weighted by Crippen LogP contribution is -2.20. The molecular formula is C14H14N4. The van der Waals surface area contributed by atoms with Gasteiger partial charge in [-0.3, -0.25) is 0 Å². The van der Waals surface area contributed by atoms with Crippen LogP contribution >= 0.6 is 0 Å². The van der Waals surface area contributed by atoms with Gasteiger partial charge in [-0.15, -0.1) is 0 Å². The highest BCUT2D eigenvalue weighted by molar-refractivity contribution is 5.43. The molecule has 1 unspecified atom stereocenters. The third-order valence-electron chi connectivity index (χ3n) is 2.63. The Bertz CT molecular complexity index is 528. The van der Waals surface area contributed by atoms with Gasteiger partial charge in [-0.05, 0) is 17.7 Å². The van der Waals surface area contributed by atoms with E-state index in [2.05, 4.69) is 10.3 Å². The van der Waals surface area contributed by atoms with E-state index in [1.807, 2.05) is 42.5 Å². The Labute approximate surface area is 106 Å². The van der Waals surface area contributed by atoms with Gasteiger partial charge in [-0.1, -0.05) is 30.3 Å². The standard InChI is InChI=1S/C14H14N4/c15-8-12-6-7-13(9-17-12)18-10-14(16)11-4-2-1-3-5-11/h1-7,9,14,18H,10,16H2. The van der Waals surface area contributed by atoms with E-state index < -0.39 is 0 Å². The molecule has 0 spiro atoms. The van der Waals surface area contributed by atoms with Crippen LogP contribution in [-0.2, 0) is 0 Å². The van der Waals surface area contributed by atoms with Crippen LogP contribution in [0.1, 0.15) is 17.3 Å². The summed E-state index contributed by atoms with van der Waals surface area (Å²) in [6.45, 7) is 0.623. The number of nitrogens with one attached hydrogen (secondary N) is 1. The SMILES string of the molecule is N#Cc1ccc(NCC(N)c2ccccc2)cn1. The van der Waals surface area contributed by atoms with Gasteiger partial charge in [0.2, 0.25) is 0 Å². The molecule has 0 radical (unpaired) electrons. The second kappa shape index (κ2) is 5.80. The molecule has 0 aliphatic carbocycles. The van der Waals surface area contributed by atoms with E-state index in [9.17, 15) is 0 Å². The van der Waals surface area contributed by atoms with E-state index in [4.69, 9.17) is 11.0 Å². The monoisotopic (exact) mass is 238 g/mol. The molecule has 1 aromatic carbocycles. The lowest BCUT2D eigenvalue weighted by atomic mass is 10.1. The van der Waals surface area contributed by atoms with Crippen LogP contribution in [0, 0.1) is 11.3 Å². The number of anilines is 1. The highest BCUT2D eigenvalue weighted by Gasteiger charge is 2.04. The molecule has 0 bridgehead atoms. The summed E-state index contributed by atoms with van der Waals surface area (Å²) < 4.78 is 0. The van der Waals surface area contributed by atoms with Gasteiger partial charge in [0.05, 0.1) is 11.9 Å². The first-order valence-corrected chi connectivity index (χ1v) is 5.70. The third-order valence-corrected chi connectivity index (χ3v) is 2.63. The van der Waals surface area contributed by atoms with Crippen molar-refractivity contribution in [2.24, 2.45) is 5.73 Å². The normalized spacial score (nSPS) is 11.6. The van der Waals surface area contributed by atoms with Gasteiger partial charge in [-0.2, -0.15) is 5.26 Å². The Morgan fingerprint density at radius 2 is 2.00 bits per heavy atom. The minimum Gasteiger partial charge on any atom is -0.382 e. The molecule has 0 saturated heterocycles. The molecule has 2 aromatic rings. The smallest absolute Gasteiger partial charge is 0.140 e. The summed E-state index contributed by atoms with van der Waals surface area (Å²) in [6, 6.07) is 15.3. The summed E-state index contributed by atoms with van der Waals surface area (Å²) in [6.07, 6.45) is 1.64. The molecule has 0 aliphatic rings. The second-order valence-corrected chi connectivity index (χ2v) is 3.94. The molecule has 18 heavy (non-hydrogen) atoms. The number of aromatic nitrogens is 1. The van der Waals surface area contributed by atoms with Crippen LogP contribution in [0.15, 0.2) is 48.7 Å². The molecule has 3 N–H and O–H groups in total. The first-order valence-electron chi connectivity index (χ1n) is 5.70. The van der Waals surface area contributed by atoms with E-state index in [1.165, 1.54) is 0 Å². The van der Waals surface area contributed by atoms with Crippen molar-refractivity contribution in [3.8, 4) is 6.07 Å². The molecule has 4 heteroatoms. The number of hydrogen-bond acceptors (Lipinski definition) is 4. The van der Waals surface area contributed by atoms with Crippen LogP contribution < -0.4 is 11.1 Å². The molecule has 0 amide bonds. The molecule has 90 valence electrons. The molecule has 0 aliphatic heterocycles. The van der Waals surface area contributed by atoms with E-state index in [0.29, 0.717) is 12.2 Å². The zero-order chi connectivity index (χ0) is 12.8. The maximum atomic E-state index is 8.64. The summed E-state index contributed by atoms with van der Waals surface area (Å²) in [4.78, 5) is 3.98. The second-order valence-electron chi connectivity index (χ2n) is 3.94. The van der Waals surface area contributed by atoms with E-state index in [0.717, 1.165) is 11.3 Å². The van der Waals surface area contributed by atoms with Crippen molar-refractivity contribution in [1.82, 2.24) is 4.98 Å². The zero-order valence-corrected chi connectivity index (χ0v) is 9.88. The lowest BCUT2D eigenvalue weighted by Gasteiger charge is -2.13. The van der Waals surface area contributed by atoms with Gasteiger partial charge in [0.1, 0.15) is 11.8 Å². The van der Waals surface area contributed by atoms with Gasteiger partial charge < -0.3 is 11.1 Å². The topological polar surface area (TPSA) is 74.7 Å². The summed E-state index contributed by atoms with van der Waals surface area (Å²) in [5, 5.41) is 11.8. The molecular weight excluding hydrogens is 224 g/mol. The van der Waals surface area contributed by atoms with Crippen molar-refractivity contribution in [2.75, 3.05) is 11.9 Å². The van der Waals surface area contributed by atoms with Gasteiger partial charge in [-0.25, -0.2) is 4.98 Å². The van der Waals surface area contributed by atoms with Crippen LogP contribution in [0.3, 0.4) is 0 Å². The number of pyridine rings is 1. The predicted octanol–water partition coefficient (Wildman–Crippen LogP) is 2.07. The molecule has 4 nitrogen and oxygen atoms in total. The van der Waals surface area contributed by atoms with Crippen molar-refractivity contribution < 1.29 is 0 Å². The van der Waals surface area contributed by atoms with Crippen molar-refractivity contribution in [1.29, 1.82) is 5.26 Å². The summed E-state index contributed by atoms with van der Waals surface area (Å²) >= 11 is 0. The van der Waals surface area contributed by atoms with E-state index >= 15 is 0 Å². The third kappa shape index (κ3) is 3.06. The van der Waals surface area contributed by atoms with Crippen molar-refractivity contribution in [3.63, 3.8) is 0 Å². The number of rotatable bonds is 4. The average Bonchev–Trinajstić information content (AvgIpc) is 2.46. The summed E-state index contributed by atoms with van der Waals surface area (Å²) in [7, 11) is 0. The highest BCUT2D eigenvalue weighted by atomic mass is 14.9. The van der Waals surface area contributed by atoms with Crippen molar-refractivity contribution >= 4 is 5.69 Å². The van der Waals surface area contributed by atoms with Gasteiger partial charge in [0.15, 0.2) is 0 Å². The number of nitrogens with zero attached hydrogens (tertiary/aromatic N) is 2. The van der Waals surface area contributed by atoms with Crippen LogP contribution in [0.2, 0.25) is 0 Å². The molecule has 0 saturated carbocycles. The first kappa shape index (κ1) is 12.1. The largest absolute Gasteiger partial charge is 0.382 e. The predicted molar refractivity (Wildman–Crippen MR) is 70.8 cm³/mol. The van der Waals surface area contributed by atoms with Gasteiger partial charge >= 0.3 is 0 Å². The minimum absolute atomic E-state index is 0.0677. The van der Waals surface area contributed by atoms with E-state index in [-0.39, 0.29) is 6.04 Å². The van der Waals surface area contributed by atoms with E-state index in [1.54, 1.807) is 12.3 Å². The maximum Gasteiger partial charge on any atom is 0.140 e. The quantitative estimate of drug-likeness (QED) is 0.855. The lowest BCUT2D eigenvalue weighted by molar-refractivity contribution is 0.764. The Morgan fingerprint density at radius 1 is 1.22 bits per heavy atom. The van der Waals surface area contributed by atoms with Crippen LogP contribution in [0.4, 0.5) is 5.69 Å². The Hall–Kier alpha value is -2.38. The average molecular weight is 238 g/mol. The van der Waals surface area contributed by atoms with Crippen LogP contribution in [0.25, 0.3) is 0 Å². The number of nitriles is 1. The fourth-order valence-electron chi connectivity index (χ4n) is 1.61. The van der Waals surface area contributed by atoms with Crippen molar-refractivity contribution in [3.05, 3.63) is 59.9 Å². The molecule has 2 rings (SSSR count). The first-order chi connectivity index (χ1) is 8.79. The molecule has 1 heterocycles. The van der Waals surface area contributed by atoms with Crippen LogP contribution in [-0.4, -0.2) is 11.5 Å². The molecule has 0 fully saturated rings. The minimum atomic E-state index is -0.0677. The molecule has 1 aromatic heterocycles. The fourth-order valence-corrected chi connectivity index (χ4v) is 1.61.